The maximum Gasteiger partial charge on any atom is 0.155 e. The van der Waals surface area contributed by atoms with Gasteiger partial charge >= 0.3 is 0 Å². The molecule has 108 valence electrons. The van der Waals surface area contributed by atoms with Crippen LogP contribution in [0.25, 0.3) is 0 Å². The van der Waals surface area contributed by atoms with Crippen LogP contribution in [0.15, 0.2) is 11.1 Å². The predicted octanol–water partition coefficient (Wildman–Crippen LogP) is 5.01. The first-order valence-corrected chi connectivity index (χ1v) is 7.89. The van der Waals surface area contributed by atoms with E-state index >= 15 is 0 Å². The lowest BCUT2D eigenvalue weighted by Crippen LogP contribution is -2.36. The van der Waals surface area contributed by atoms with E-state index in [0.717, 1.165) is 12.0 Å². The molecule has 2 aliphatic rings. The summed E-state index contributed by atoms with van der Waals surface area (Å²) in [5.74, 6) is 2.30. The Morgan fingerprint density at radius 3 is 2.47 bits per heavy atom. The average molecular weight is 262 g/mol. The fourth-order valence-electron chi connectivity index (χ4n) is 5.09. The number of fused-ring (bicyclic) bond motifs is 2. The van der Waals surface area contributed by atoms with Crippen molar-refractivity contribution in [2.24, 2.45) is 28.6 Å². The Balaban J connectivity index is 2.57. The highest BCUT2D eigenvalue weighted by Crippen LogP contribution is 2.67. The zero-order valence-corrected chi connectivity index (χ0v) is 13.8. The van der Waals surface area contributed by atoms with Crippen LogP contribution in [0.5, 0.6) is 0 Å². The van der Waals surface area contributed by atoms with Crippen LogP contribution in [0.3, 0.4) is 0 Å². The normalized spacial score (nSPS) is 38.5. The quantitative estimate of drug-likeness (QED) is 0.698. The molecule has 1 fully saturated rings. The van der Waals surface area contributed by atoms with Crippen molar-refractivity contribution in [3.63, 3.8) is 0 Å². The second-order valence-electron chi connectivity index (χ2n) is 7.74. The molecule has 0 spiro atoms. The Labute approximate surface area is 118 Å². The first-order chi connectivity index (χ1) is 8.68. The summed E-state index contributed by atoms with van der Waals surface area (Å²) >= 11 is 0. The Morgan fingerprint density at radius 1 is 1.42 bits per heavy atom. The molecule has 0 aromatic rings. The molecule has 19 heavy (non-hydrogen) atoms. The first-order valence-electron chi connectivity index (χ1n) is 7.89. The van der Waals surface area contributed by atoms with E-state index in [1.165, 1.54) is 18.4 Å². The number of carbonyl (C=O) groups excluding carboxylic acids is 1. The number of hydrogen-bond donors (Lipinski definition) is 0. The molecule has 0 amide bonds. The minimum absolute atomic E-state index is 0.305. The molecule has 0 radical (unpaired) electrons. The average Bonchev–Trinajstić information content (AvgIpc) is 2.52. The van der Waals surface area contributed by atoms with E-state index in [4.69, 9.17) is 0 Å². The highest BCUT2D eigenvalue weighted by atomic mass is 16.1. The van der Waals surface area contributed by atoms with E-state index in [2.05, 4.69) is 41.5 Å². The molecule has 0 N–H and O–H groups in total. The highest BCUT2D eigenvalue weighted by Gasteiger charge is 2.60. The summed E-state index contributed by atoms with van der Waals surface area (Å²) in [4.78, 5) is 12.0. The summed E-state index contributed by atoms with van der Waals surface area (Å²) in [6, 6.07) is 0. The van der Waals surface area contributed by atoms with Gasteiger partial charge in [-0.25, -0.2) is 0 Å². The number of carbonyl (C=O) groups is 1. The molecule has 4 atom stereocenters. The molecule has 2 aliphatic carbocycles. The summed E-state index contributed by atoms with van der Waals surface area (Å²) < 4.78 is 0. The molecule has 1 saturated carbocycles. The number of allylic oxidation sites excluding steroid dienone is 2. The number of rotatable bonds is 3. The first kappa shape index (κ1) is 14.8. The van der Waals surface area contributed by atoms with Crippen molar-refractivity contribution in [2.45, 2.75) is 67.7 Å². The van der Waals surface area contributed by atoms with Crippen molar-refractivity contribution < 1.29 is 4.79 Å². The van der Waals surface area contributed by atoms with Crippen molar-refractivity contribution in [3.05, 3.63) is 11.1 Å². The van der Waals surface area contributed by atoms with E-state index < -0.39 is 0 Å². The van der Waals surface area contributed by atoms with Crippen LogP contribution in [0, 0.1) is 28.6 Å². The molecule has 2 bridgehead atoms. The van der Waals surface area contributed by atoms with Gasteiger partial charge in [-0.2, -0.15) is 0 Å². The Morgan fingerprint density at radius 2 is 2.00 bits per heavy atom. The van der Waals surface area contributed by atoms with Gasteiger partial charge in [0.25, 0.3) is 0 Å². The number of Topliss-reactive ketones (excluding diaryl/α,β-unsaturated/α-hetero) is 1. The summed E-state index contributed by atoms with van der Waals surface area (Å²) in [7, 11) is 0. The molecule has 0 aromatic carbocycles. The summed E-state index contributed by atoms with van der Waals surface area (Å²) in [6.45, 7) is 15.9. The lowest BCUT2D eigenvalue weighted by atomic mass is 9.61. The third-order valence-corrected chi connectivity index (χ3v) is 6.98. The van der Waals surface area contributed by atoms with E-state index in [-0.39, 0.29) is 0 Å². The predicted molar refractivity (Wildman–Crippen MR) is 80.9 cm³/mol. The van der Waals surface area contributed by atoms with Crippen LogP contribution >= 0.6 is 0 Å². The fraction of sp³-hybridized carbons (Fsp3) is 0.833. The Hall–Kier alpha value is -0.590. The van der Waals surface area contributed by atoms with Crippen LogP contribution in [0.4, 0.5) is 0 Å². The minimum Gasteiger partial charge on any atom is -0.295 e. The standard InChI is InChI=1S/C18H30O/c1-8-11(2)18-9-15(13(4)19)12(3)16(10-18)17(6,7)14(18)5/h11,14,16H,8-10H2,1-7H3/t11?,14?,16?,18-/m0/s1. The van der Waals surface area contributed by atoms with Gasteiger partial charge in [-0.05, 0) is 60.8 Å². The molecular weight excluding hydrogens is 232 g/mol. The maximum atomic E-state index is 12.0. The third kappa shape index (κ3) is 1.84. The van der Waals surface area contributed by atoms with E-state index in [1.807, 2.05) is 0 Å². The smallest absolute Gasteiger partial charge is 0.155 e. The Bertz CT molecular complexity index is 429. The maximum absolute atomic E-state index is 12.0. The summed E-state index contributed by atoms with van der Waals surface area (Å²) in [5.41, 5.74) is 3.21. The molecule has 3 unspecified atom stereocenters. The lowest BCUT2D eigenvalue weighted by molar-refractivity contribution is -0.114. The van der Waals surface area contributed by atoms with Crippen molar-refractivity contribution in [3.8, 4) is 0 Å². The van der Waals surface area contributed by atoms with Crippen molar-refractivity contribution in [2.75, 3.05) is 0 Å². The molecule has 1 nitrogen and oxygen atoms in total. The van der Waals surface area contributed by atoms with Crippen LogP contribution < -0.4 is 0 Å². The SMILES string of the molecule is CCC(C)[C@]12CC(C(C)=O)=C(C)C(C1)C(C)(C)C2C. The monoisotopic (exact) mass is 262 g/mol. The third-order valence-electron chi connectivity index (χ3n) is 6.98. The van der Waals surface area contributed by atoms with Crippen LogP contribution in [0.1, 0.15) is 67.7 Å². The zero-order valence-electron chi connectivity index (χ0n) is 13.8. The van der Waals surface area contributed by atoms with Gasteiger partial charge in [0.1, 0.15) is 0 Å². The van der Waals surface area contributed by atoms with Gasteiger partial charge < -0.3 is 0 Å². The van der Waals surface area contributed by atoms with Gasteiger partial charge in [0, 0.05) is 0 Å². The van der Waals surface area contributed by atoms with Gasteiger partial charge in [-0.3, -0.25) is 4.79 Å². The summed E-state index contributed by atoms with van der Waals surface area (Å²) in [6.07, 6.45) is 3.53. The number of ketones is 1. The topological polar surface area (TPSA) is 17.1 Å². The van der Waals surface area contributed by atoms with Crippen LogP contribution in [0.2, 0.25) is 0 Å². The summed E-state index contributed by atoms with van der Waals surface area (Å²) in [5, 5.41) is 0. The largest absolute Gasteiger partial charge is 0.295 e. The van der Waals surface area contributed by atoms with E-state index in [0.29, 0.717) is 34.4 Å². The van der Waals surface area contributed by atoms with Gasteiger partial charge in [0.2, 0.25) is 0 Å². The molecular formula is C18H30O. The molecule has 0 aliphatic heterocycles. The van der Waals surface area contributed by atoms with Gasteiger partial charge in [-0.15, -0.1) is 0 Å². The zero-order chi connectivity index (χ0) is 14.6. The molecule has 0 saturated heterocycles. The van der Waals surface area contributed by atoms with Crippen molar-refractivity contribution in [1.82, 2.24) is 0 Å². The lowest BCUT2D eigenvalue weighted by Gasteiger charge is -2.43. The number of hydrogen-bond acceptors (Lipinski definition) is 1. The van der Waals surface area contributed by atoms with Crippen molar-refractivity contribution >= 4 is 5.78 Å². The van der Waals surface area contributed by atoms with Gasteiger partial charge in [-0.1, -0.05) is 46.6 Å². The van der Waals surface area contributed by atoms with Crippen LogP contribution in [-0.4, -0.2) is 5.78 Å². The van der Waals surface area contributed by atoms with Gasteiger partial charge in [0.05, 0.1) is 0 Å². The minimum atomic E-state index is 0.305. The molecule has 0 heterocycles. The van der Waals surface area contributed by atoms with Crippen LogP contribution in [-0.2, 0) is 4.79 Å². The molecule has 2 rings (SSSR count). The fourth-order valence-corrected chi connectivity index (χ4v) is 5.09. The van der Waals surface area contributed by atoms with Crippen molar-refractivity contribution in [1.29, 1.82) is 0 Å². The van der Waals surface area contributed by atoms with E-state index in [1.54, 1.807) is 6.92 Å². The second-order valence-corrected chi connectivity index (χ2v) is 7.74. The van der Waals surface area contributed by atoms with Gasteiger partial charge in [0.15, 0.2) is 5.78 Å². The molecule has 1 heteroatoms. The second kappa shape index (κ2) is 4.46. The molecule has 0 aromatic heterocycles. The highest BCUT2D eigenvalue weighted by molar-refractivity contribution is 5.94. The van der Waals surface area contributed by atoms with E-state index in [9.17, 15) is 4.79 Å². The Kier molecular flexibility index (Phi) is 3.48.